The predicted octanol–water partition coefficient (Wildman–Crippen LogP) is 4.61. The molecular formula is C19H18N2OS. The van der Waals surface area contributed by atoms with Crippen molar-refractivity contribution in [1.29, 1.82) is 0 Å². The van der Waals surface area contributed by atoms with Gasteiger partial charge in [0.25, 0.3) is 0 Å². The minimum atomic E-state index is -0.0151. The Balaban J connectivity index is 1.81. The van der Waals surface area contributed by atoms with E-state index in [9.17, 15) is 4.79 Å². The van der Waals surface area contributed by atoms with Gasteiger partial charge in [-0.1, -0.05) is 42.5 Å². The van der Waals surface area contributed by atoms with E-state index in [0.717, 1.165) is 33.1 Å². The van der Waals surface area contributed by atoms with Crippen LogP contribution >= 0.6 is 11.3 Å². The molecular weight excluding hydrogens is 304 g/mol. The molecule has 0 atom stereocenters. The first-order valence-electron chi connectivity index (χ1n) is 7.49. The standard InChI is InChI=1S/C19H18N2OS/c1-13-7-3-4-8-15(13)11-19(22)21-17-10-6-5-9-16(17)18-12-23-14(2)20-18/h3-10,12H,11H2,1-2H3,(H,21,22). The Labute approximate surface area is 140 Å². The lowest BCUT2D eigenvalue weighted by Crippen LogP contribution is -2.15. The zero-order valence-electron chi connectivity index (χ0n) is 13.2. The Bertz CT molecular complexity index is 839. The third-order valence-corrected chi connectivity index (χ3v) is 4.48. The summed E-state index contributed by atoms with van der Waals surface area (Å²) in [5, 5.41) is 6.05. The molecule has 23 heavy (non-hydrogen) atoms. The third kappa shape index (κ3) is 3.66. The normalized spacial score (nSPS) is 10.5. The van der Waals surface area contributed by atoms with Gasteiger partial charge in [0.1, 0.15) is 0 Å². The van der Waals surface area contributed by atoms with Crippen molar-refractivity contribution in [3.05, 3.63) is 70.0 Å². The molecule has 0 unspecified atom stereocenters. The van der Waals surface area contributed by atoms with E-state index in [1.165, 1.54) is 0 Å². The van der Waals surface area contributed by atoms with Crippen LogP contribution < -0.4 is 5.32 Å². The number of carbonyl (C=O) groups is 1. The van der Waals surface area contributed by atoms with E-state index in [1.54, 1.807) is 11.3 Å². The zero-order valence-corrected chi connectivity index (χ0v) is 14.0. The number of hydrogen-bond acceptors (Lipinski definition) is 3. The average Bonchev–Trinajstić information content (AvgIpc) is 2.96. The molecule has 0 spiro atoms. The molecule has 0 aliphatic carbocycles. The van der Waals surface area contributed by atoms with Crippen molar-refractivity contribution in [2.75, 3.05) is 5.32 Å². The van der Waals surface area contributed by atoms with Gasteiger partial charge < -0.3 is 5.32 Å². The van der Waals surface area contributed by atoms with Crippen LogP contribution in [-0.4, -0.2) is 10.9 Å². The fourth-order valence-corrected chi connectivity index (χ4v) is 3.09. The number of rotatable bonds is 4. The first kappa shape index (κ1) is 15.4. The number of anilines is 1. The topological polar surface area (TPSA) is 42.0 Å². The van der Waals surface area contributed by atoms with Gasteiger partial charge in [0.05, 0.1) is 22.8 Å². The maximum atomic E-state index is 12.4. The summed E-state index contributed by atoms with van der Waals surface area (Å²) in [6.07, 6.45) is 0.372. The molecule has 0 aliphatic heterocycles. The maximum absolute atomic E-state index is 12.4. The van der Waals surface area contributed by atoms with Crippen LogP contribution in [0.1, 0.15) is 16.1 Å². The van der Waals surface area contributed by atoms with E-state index in [4.69, 9.17) is 0 Å². The number of hydrogen-bond donors (Lipinski definition) is 1. The molecule has 3 nitrogen and oxygen atoms in total. The second-order valence-corrected chi connectivity index (χ2v) is 6.51. The largest absolute Gasteiger partial charge is 0.325 e. The molecule has 1 N–H and O–H groups in total. The number of nitrogens with one attached hydrogen (secondary N) is 1. The molecule has 0 radical (unpaired) electrons. The maximum Gasteiger partial charge on any atom is 0.228 e. The fraction of sp³-hybridized carbons (Fsp3) is 0.158. The average molecular weight is 322 g/mol. The van der Waals surface area contributed by atoms with Gasteiger partial charge in [-0.3, -0.25) is 4.79 Å². The molecule has 0 fully saturated rings. The van der Waals surface area contributed by atoms with Crippen LogP contribution in [0.15, 0.2) is 53.9 Å². The summed E-state index contributed by atoms with van der Waals surface area (Å²) in [5.74, 6) is -0.0151. The minimum Gasteiger partial charge on any atom is -0.325 e. The third-order valence-electron chi connectivity index (χ3n) is 3.71. The number of aryl methyl sites for hydroxylation is 2. The van der Waals surface area contributed by atoms with Crippen LogP contribution in [0.3, 0.4) is 0 Å². The number of benzene rings is 2. The summed E-state index contributed by atoms with van der Waals surface area (Å²) in [6, 6.07) is 15.7. The van der Waals surface area contributed by atoms with Crippen LogP contribution in [0.25, 0.3) is 11.3 Å². The molecule has 116 valence electrons. The molecule has 1 heterocycles. The molecule has 2 aromatic carbocycles. The van der Waals surface area contributed by atoms with Crippen molar-refractivity contribution >= 4 is 22.9 Å². The van der Waals surface area contributed by atoms with Gasteiger partial charge in [0.15, 0.2) is 0 Å². The predicted molar refractivity (Wildman–Crippen MR) is 95.8 cm³/mol. The molecule has 4 heteroatoms. The van der Waals surface area contributed by atoms with Gasteiger partial charge >= 0.3 is 0 Å². The number of para-hydroxylation sites is 1. The molecule has 3 aromatic rings. The van der Waals surface area contributed by atoms with Crippen molar-refractivity contribution in [3.63, 3.8) is 0 Å². The molecule has 0 saturated heterocycles. The second-order valence-electron chi connectivity index (χ2n) is 5.45. The van der Waals surface area contributed by atoms with E-state index >= 15 is 0 Å². The SMILES string of the molecule is Cc1nc(-c2ccccc2NC(=O)Cc2ccccc2C)cs1. The van der Waals surface area contributed by atoms with Crippen LogP contribution in [0, 0.1) is 13.8 Å². The van der Waals surface area contributed by atoms with Crippen molar-refractivity contribution in [3.8, 4) is 11.3 Å². The first-order valence-corrected chi connectivity index (χ1v) is 8.37. The molecule has 1 amide bonds. The Morgan fingerprint density at radius 2 is 1.83 bits per heavy atom. The van der Waals surface area contributed by atoms with E-state index in [2.05, 4.69) is 10.3 Å². The zero-order chi connectivity index (χ0) is 16.2. The summed E-state index contributed by atoms with van der Waals surface area (Å²) in [6.45, 7) is 4.00. The van der Waals surface area contributed by atoms with Crippen LogP contribution in [0.4, 0.5) is 5.69 Å². The fourth-order valence-electron chi connectivity index (χ4n) is 2.48. The molecule has 1 aromatic heterocycles. The lowest BCUT2D eigenvalue weighted by molar-refractivity contribution is -0.115. The Kier molecular flexibility index (Phi) is 4.53. The number of aromatic nitrogens is 1. The highest BCUT2D eigenvalue weighted by atomic mass is 32.1. The van der Waals surface area contributed by atoms with Crippen LogP contribution in [0.5, 0.6) is 0 Å². The summed E-state index contributed by atoms with van der Waals surface area (Å²) in [4.78, 5) is 16.9. The van der Waals surface area contributed by atoms with Crippen LogP contribution in [-0.2, 0) is 11.2 Å². The van der Waals surface area contributed by atoms with E-state index in [0.29, 0.717) is 6.42 Å². The number of nitrogens with zero attached hydrogens (tertiary/aromatic N) is 1. The van der Waals surface area contributed by atoms with Gasteiger partial charge in [0, 0.05) is 10.9 Å². The Morgan fingerprint density at radius 1 is 1.09 bits per heavy atom. The Hall–Kier alpha value is -2.46. The van der Waals surface area contributed by atoms with Gasteiger partial charge in [0.2, 0.25) is 5.91 Å². The van der Waals surface area contributed by atoms with Gasteiger partial charge in [-0.15, -0.1) is 11.3 Å². The summed E-state index contributed by atoms with van der Waals surface area (Å²) >= 11 is 1.61. The number of amides is 1. The van der Waals surface area contributed by atoms with Crippen molar-refractivity contribution in [1.82, 2.24) is 4.98 Å². The van der Waals surface area contributed by atoms with Crippen molar-refractivity contribution in [2.24, 2.45) is 0 Å². The lowest BCUT2D eigenvalue weighted by atomic mass is 10.1. The molecule has 0 saturated carbocycles. The van der Waals surface area contributed by atoms with Crippen molar-refractivity contribution in [2.45, 2.75) is 20.3 Å². The van der Waals surface area contributed by atoms with Crippen LogP contribution in [0.2, 0.25) is 0 Å². The van der Waals surface area contributed by atoms with Gasteiger partial charge in [-0.05, 0) is 31.0 Å². The molecule has 0 aliphatic rings. The lowest BCUT2D eigenvalue weighted by Gasteiger charge is -2.10. The highest BCUT2D eigenvalue weighted by Crippen LogP contribution is 2.28. The second kappa shape index (κ2) is 6.75. The van der Waals surface area contributed by atoms with E-state index in [1.807, 2.05) is 67.8 Å². The first-order chi connectivity index (χ1) is 11.1. The molecule has 3 rings (SSSR count). The highest BCUT2D eigenvalue weighted by molar-refractivity contribution is 7.09. The van der Waals surface area contributed by atoms with E-state index < -0.39 is 0 Å². The summed E-state index contributed by atoms with van der Waals surface area (Å²) in [7, 11) is 0. The number of thiazole rings is 1. The summed E-state index contributed by atoms with van der Waals surface area (Å²) in [5.41, 5.74) is 4.84. The molecule has 0 bridgehead atoms. The van der Waals surface area contributed by atoms with Gasteiger partial charge in [-0.25, -0.2) is 4.98 Å². The summed E-state index contributed by atoms with van der Waals surface area (Å²) < 4.78 is 0. The number of carbonyl (C=O) groups excluding carboxylic acids is 1. The van der Waals surface area contributed by atoms with E-state index in [-0.39, 0.29) is 5.91 Å². The quantitative estimate of drug-likeness (QED) is 0.762. The Morgan fingerprint density at radius 3 is 2.57 bits per heavy atom. The highest BCUT2D eigenvalue weighted by Gasteiger charge is 2.11. The monoisotopic (exact) mass is 322 g/mol. The minimum absolute atomic E-state index is 0.0151. The smallest absolute Gasteiger partial charge is 0.228 e. The van der Waals surface area contributed by atoms with Gasteiger partial charge in [-0.2, -0.15) is 0 Å². The van der Waals surface area contributed by atoms with Crippen molar-refractivity contribution < 1.29 is 4.79 Å².